The molecule has 231 valence electrons. The maximum atomic E-state index is 9.94. The molecule has 0 fully saturated rings. The zero-order valence-corrected chi connectivity index (χ0v) is 26.4. The largest absolute Gasteiger partial charge is 0.488 e. The first-order chi connectivity index (χ1) is 22.8. The van der Waals surface area contributed by atoms with Crippen LogP contribution in [0, 0.1) is 0 Å². The van der Waals surface area contributed by atoms with Crippen LogP contribution in [0.15, 0.2) is 142 Å². The van der Waals surface area contributed by atoms with Crippen molar-refractivity contribution in [3.63, 3.8) is 0 Å². The van der Waals surface area contributed by atoms with Gasteiger partial charge in [-0.1, -0.05) is 49.0 Å². The molecule has 5 aromatic rings. The van der Waals surface area contributed by atoms with Crippen molar-refractivity contribution >= 4 is 37.8 Å². The van der Waals surface area contributed by atoms with Gasteiger partial charge in [0, 0.05) is 58.7 Å². The van der Waals surface area contributed by atoms with Crippen molar-refractivity contribution in [3.8, 4) is 11.1 Å². The molecule has 0 unspecified atom stereocenters. The molecule has 0 saturated carbocycles. The van der Waals surface area contributed by atoms with Crippen LogP contribution < -0.4 is 24.6 Å². The van der Waals surface area contributed by atoms with E-state index in [4.69, 9.17) is 0 Å². The zero-order valence-electron chi connectivity index (χ0n) is 26.4. The summed E-state index contributed by atoms with van der Waals surface area (Å²) in [5, 5.41) is 29.6. The van der Waals surface area contributed by atoms with Crippen LogP contribution in [0.3, 0.4) is 0 Å². The van der Waals surface area contributed by atoms with E-state index in [2.05, 4.69) is 82.2 Å². The summed E-state index contributed by atoms with van der Waals surface area (Å²) >= 11 is 0. The van der Waals surface area contributed by atoms with Crippen LogP contribution >= 0.6 is 0 Å². The average Bonchev–Trinajstić information content (AvgIpc) is 3.09. The molecule has 0 atom stereocenters. The van der Waals surface area contributed by atoms with Gasteiger partial charge >= 0.3 is 14.6 Å². The van der Waals surface area contributed by atoms with Gasteiger partial charge < -0.3 is 15.1 Å². The molecule has 0 aliphatic heterocycles. The Labute approximate surface area is 277 Å². The van der Waals surface area contributed by atoms with E-state index < -0.39 is 7.12 Å². The smallest absolute Gasteiger partial charge is 0.450 e. The number of hydrogen-bond donors (Lipinski definition) is 3. The Morgan fingerprint density at radius 1 is 0.660 bits per heavy atom. The maximum absolute atomic E-state index is 9.94. The van der Waals surface area contributed by atoms with Gasteiger partial charge in [-0.2, -0.15) is 0 Å². The number of nitrogens with zero attached hydrogens (tertiary/aromatic N) is 4. The molecule has 47 heavy (non-hydrogen) atoms. The number of allylic oxidation sites excluding steroid dienone is 1. The molecule has 7 nitrogen and oxygen atoms in total. The summed E-state index contributed by atoms with van der Waals surface area (Å²) in [4.78, 5) is 0. The molecule has 9 heteroatoms. The van der Waals surface area contributed by atoms with Crippen molar-refractivity contribution in [2.75, 3.05) is 0 Å². The van der Waals surface area contributed by atoms with Crippen LogP contribution in [-0.4, -0.2) is 40.5 Å². The monoisotopic (exact) mass is 621 g/mol. The number of aromatic nitrogens is 3. The van der Waals surface area contributed by atoms with Gasteiger partial charge in [0.25, 0.3) is 0 Å². The lowest BCUT2D eigenvalue weighted by molar-refractivity contribution is -0.689. The summed E-state index contributed by atoms with van der Waals surface area (Å²) in [7, 11) is -0.413. The highest BCUT2D eigenvalue weighted by molar-refractivity contribution is 6.58. The molecule has 0 spiro atoms. The molecule has 3 heterocycles. The zero-order chi connectivity index (χ0) is 33.2. The van der Waals surface area contributed by atoms with Crippen molar-refractivity contribution in [3.05, 3.63) is 170 Å². The first-order valence-corrected chi connectivity index (χ1v) is 15.4. The number of pyridine rings is 3. The van der Waals surface area contributed by atoms with Crippen LogP contribution in [-0.2, 0) is 26.2 Å². The molecule has 1 radical (unpaired) electrons. The van der Waals surface area contributed by atoms with Gasteiger partial charge in [-0.05, 0) is 46.9 Å². The SMILES string of the molecule is C=CC=[N+](C=C)Cc1cc([B]O)cc(C[n+]2ccc(-c3cc[n+](Cc4cc(C[n+]5ccc(C=C)cc5)cc(B(O)O)c4)cc3)cc2)c1. The van der Waals surface area contributed by atoms with Crippen LogP contribution in [0.5, 0.6) is 0 Å². The molecular formula is C38H39B2N4O3+4. The molecule has 0 bridgehead atoms. The second kappa shape index (κ2) is 15.9. The number of benzene rings is 2. The maximum Gasteiger partial charge on any atom is 0.488 e. The van der Waals surface area contributed by atoms with E-state index in [0.717, 1.165) is 51.9 Å². The van der Waals surface area contributed by atoms with Crippen molar-refractivity contribution in [2.45, 2.75) is 26.2 Å². The Morgan fingerprint density at radius 2 is 1.13 bits per heavy atom. The third-order valence-corrected chi connectivity index (χ3v) is 7.86. The lowest BCUT2D eigenvalue weighted by atomic mass is 9.78. The van der Waals surface area contributed by atoms with E-state index in [9.17, 15) is 15.1 Å². The van der Waals surface area contributed by atoms with Crippen LogP contribution in [0.1, 0.15) is 27.8 Å². The highest BCUT2D eigenvalue weighted by Crippen LogP contribution is 2.16. The van der Waals surface area contributed by atoms with Crippen LogP contribution in [0.25, 0.3) is 17.2 Å². The first kappa shape index (κ1) is 33.2. The summed E-state index contributed by atoms with van der Waals surface area (Å²) in [5.41, 5.74) is 8.56. The Hall–Kier alpha value is -5.21. The Morgan fingerprint density at radius 3 is 1.57 bits per heavy atom. The highest BCUT2D eigenvalue weighted by atomic mass is 16.4. The second-order valence-electron chi connectivity index (χ2n) is 11.4. The standard InChI is InChI=1S/C38H39B2N4O3/c1-4-13-41(6-3)26-31-20-32(23-37(22-31)39-45)27-43-16-9-35(10-17-43)36-11-18-44(19-12-36)29-34-21-33(24-38(25-34)40(46)47)28-42-14-7-30(5-2)8-15-42/h4-25,45-47H,1-3,26-29H2/q+4. The first-order valence-electron chi connectivity index (χ1n) is 15.4. The molecule has 0 aliphatic rings. The van der Waals surface area contributed by atoms with E-state index in [-0.39, 0.29) is 0 Å². The molecule has 0 saturated heterocycles. The lowest BCUT2D eigenvalue weighted by Crippen LogP contribution is -2.37. The second-order valence-corrected chi connectivity index (χ2v) is 11.4. The van der Waals surface area contributed by atoms with E-state index in [1.54, 1.807) is 18.4 Å². The molecular weight excluding hydrogens is 582 g/mol. The van der Waals surface area contributed by atoms with Crippen LogP contribution in [0.2, 0.25) is 0 Å². The minimum Gasteiger partial charge on any atom is -0.450 e. The Kier molecular flexibility index (Phi) is 11.2. The van der Waals surface area contributed by atoms with Crippen LogP contribution in [0.4, 0.5) is 0 Å². The average molecular weight is 621 g/mol. The summed E-state index contributed by atoms with van der Waals surface area (Å²) in [6.45, 7) is 13.9. The third-order valence-electron chi connectivity index (χ3n) is 7.86. The van der Waals surface area contributed by atoms with Crippen molar-refractivity contribution in [2.24, 2.45) is 0 Å². The summed E-state index contributed by atoms with van der Waals surface area (Å²) in [5.74, 6) is 0. The predicted octanol–water partition coefficient (Wildman–Crippen LogP) is 1.83. The fourth-order valence-electron chi connectivity index (χ4n) is 5.55. The van der Waals surface area contributed by atoms with Gasteiger partial charge in [0.1, 0.15) is 0 Å². The van der Waals surface area contributed by atoms with Gasteiger partial charge in [-0.15, -0.1) is 0 Å². The highest BCUT2D eigenvalue weighted by Gasteiger charge is 2.17. The van der Waals surface area contributed by atoms with E-state index in [1.807, 2.05) is 72.0 Å². The van der Waals surface area contributed by atoms with Gasteiger partial charge in [-0.25, -0.2) is 18.3 Å². The van der Waals surface area contributed by atoms with Gasteiger partial charge in [0.2, 0.25) is 0 Å². The number of hydrogen-bond acceptors (Lipinski definition) is 3. The normalized spacial score (nSPS) is 11.2. The van der Waals surface area contributed by atoms with Crippen molar-refractivity contribution in [1.82, 2.24) is 0 Å². The molecule has 3 N–H and O–H groups in total. The molecule has 5 rings (SSSR count). The fourth-order valence-corrected chi connectivity index (χ4v) is 5.55. The number of rotatable bonds is 14. The summed E-state index contributed by atoms with van der Waals surface area (Å²) < 4.78 is 8.18. The van der Waals surface area contributed by atoms with Gasteiger partial charge in [0.05, 0.1) is 0 Å². The molecule has 3 aromatic heterocycles. The van der Waals surface area contributed by atoms with E-state index in [0.29, 0.717) is 31.6 Å². The molecule has 2 aromatic carbocycles. The Bertz CT molecular complexity index is 1890. The lowest BCUT2D eigenvalue weighted by Gasteiger charge is -2.07. The van der Waals surface area contributed by atoms with Crippen molar-refractivity contribution < 1.29 is 33.3 Å². The topological polar surface area (TPSA) is 75.3 Å². The van der Waals surface area contributed by atoms with Gasteiger partial charge in [-0.3, -0.25) is 0 Å². The predicted molar refractivity (Wildman–Crippen MR) is 187 cm³/mol. The summed E-state index contributed by atoms with van der Waals surface area (Å²) in [6, 6.07) is 24.2. The molecule has 0 aliphatic carbocycles. The van der Waals surface area contributed by atoms with Gasteiger partial charge in [0.15, 0.2) is 75.8 Å². The minimum absolute atomic E-state index is 0.470. The van der Waals surface area contributed by atoms with Crippen molar-refractivity contribution in [1.29, 1.82) is 0 Å². The van der Waals surface area contributed by atoms with E-state index in [1.165, 1.54) is 0 Å². The quantitative estimate of drug-likeness (QED) is 0.101. The summed E-state index contributed by atoms with van der Waals surface area (Å²) in [6.07, 6.45) is 19.3. The fraction of sp³-hybridized carbons (Fsp3) is 0.105. The third kappa shape index (κ3) is 9.17. The van der Waals surface area contributed by atoms with E-state index >= 15 is 0 Å². The Balaban J connectivity index is 1.27. The minimum atomic E-state index is -1.54. The molecule has 0 amide bonds.